The molecule has 72 valence electrons. The molecule has 1 atom stereocenters. The molecule has 13 heavy (non-hydrogen) atoms. The number of hydrogen-bond donors (Lipinski definition) is 1. The number of halogens is 1. The van der Waals surface area contributed by atoms with Crippen molar-refractivity contribution >= 4 is 11.3 Å². The van der Waals surface area contributed by atoms with Crippen LogP contribution >= 0.6 is 11.3 Å². The topological polar surface area (TPSA) is 26.0 Å². The Morgan fingerprint density at radius 3 is 2.85 bits per heavy atom. The third kappa shape index (κ3) is 1.92. The minimum atomic E-state index is -1.13. The SMILES string of the molecule is NCC(F)(Cc1cccs1)C1CC1. The number of alkyl halides is 1. The Labute approximate surface area is 81.8 Å². The molecule has 1 aliphatic carbocycles. The van der Waals surface area contributed by atoms with E-state index in [0.717, 1.165) is 17.7 Å². The summed E-state index contributed by atoms with van der Waals surface area (Å²) < 4.78 is 14.2. The molecule has 1 unspecified atom stereocenters. The first-order chi connectivity index (χ1) is 6.24. The van der Waals surface area contributed by atoms with Crippen LogP contribution in [-0.2, 0) is 6.42 Å². The summed E-state index contributed by atoms with van der Waals surface area (Å²) in [6.07, 6.45) is 2.53. The molecule has 1 nitrogen and oxygen atoms in total. The highest BCUT2D eigenvalue weighted by atomic mass is 32.1. The number of nitrogens with two attached hydrogens (primary N) is 1. The Morgan fingerprint density at radius 1 is 1.62 bits per heavy atom. The van der Waals surface area contributed by atoms with Gasteiger partial charge in [0.05, 0.1) is 0 Å². The average molecular weight is 199 g/mol. The van der Waals surface area contributed by atoms with Gasteiger partial charge in [0.1, 0.15) is 5.67 Å². The zero-order valence-electron chi connectivity index (χ0n) is 7.50. The monoisotopic (exact) mass is 199 g/mol. The zero-order chi connectivity index (χ0) is 9.31. The summed E-state index contributed by atoms with van der Waals surface area (Å²) in [7, 11) is 0. The van der Waals surface area contributed by atoms with Gasteiger partial charge in [0, 0.05) is 17.8 Å². The Balaban J connectivity index is 2.05. The van der Waals surface area contributed by atoms with Gasteiger partial charge in [-0.2, -0.15) is 0 Å². The maximum atomic E-state index is 14.2. The van der Waals surface area contributed by atoms with Crippen LogP contribution in [0, 0.1) is 5.92 Å². The maximum Gasteiger partial charge on any atom is 0.130 e. The van der Waals surface area contributed by atoms with Crippen molar-refractivity contribution in [2.75, 3.05) is 6.54 Å². The van der Waals surface area contributed by atoms with E-state index in [4.69, 9.17) is 5.73 Å². The van der Waals surface area contributed by atoms with Crippen molar-refractivity contribution in [3.05, 3.63) is 22.4 Å². The summed E-state index contributed by atoms with van der Waals surface area (Å²) in [5.41, 5.74) is 4.36. The van der Waals surface area contributed by atoms with Gasteiger partial charge < -0.3 is 5.73 Å². The van der Waals surface area contributed by atoms with Crippen molar-refractivity contribution in [3.63, 3.8) is 0 Å². The molecule has 0 aromatic carbocycles. The maximum absolute atomic E-state index is 14.2. The lowest BCUT2D eigenvalue weighted by Gasteiger charge is -2.22. The Hall–Kier alpha value is -0.410. The van der Waals surface area contributed by atoms with Gasteiger partial charge >= 0.3 is 0 Å². The second-order valence-electron chi connectivity index (χ2n) is 3.77. The van der Waals surface area contributed by atoms with E-state index in [9.17, 15) is 4.39 Å². The number of hydrogen-bond acceptors (Lipinski definition) is 2. The van der Waals surface area contributed by atoms with Gasteiger partial charge in [-0.05, 0) is 30.2 Å². The average Bonchev–Trinajstić information content (AvgIpc) is 2.88. The molecule has 1 saturated carbocycles. The molecule has 3 heteroatoms. The highest BCUT2D eigenvalue weighted by molar-refractivity contribution is 7.09. The molecule has 2 rings (SSSR count). The Morgan fingerprint density at radius 2 is 2.38 bits per heavy atom. The molecular formula is C10H14FNS. The minimum Gasteiger partial charge on any atom is -0.328 e. The summed E-state index contributed by atoms with van der Waals surface area (Å²) in [6, 6.07) is 3.95. The summed E-state index contributed by atoms with van der Waals surface area (Å²) in [5.74, 6) is 0.222. The van der Waals surface area contributed by atoms with Crippen LogP contribution in [0.2, 0.25) is 0 Å². The van der Waals surface area contributed by atoms with E-state index < -0.39 is 5.67 Å². The van der Waals surface area contributed by atoms with Crippen LogP contribution < -0.4 is 5.73 Å². The molecule has 1 aliphatic rings. The van der Waals surface area contributed by atoms with Crippen molar-refractivity contribution in [2.24, 2.45) is 11.7 Å². The lowest BCUT2D eigenvalue weighted by atomic mass is 9.95. The van der Waals surface area contributed by atoms with E-state index in [2.05, 4.69) is 0 Å². The molecule has 0 spiro atoms. The molecule has 1 aromatic heterocycles. The third-order valence-corrected chi connectivity index (χ3v) is 3.57. The highest BCUT2D eigenvalue weighted by Gasteiger charge is 2.44. The molecule has 0 bridgehead atoms. The molecule has 0 aliphatic heterocycles. The standard InChI is InChI=1S/C10H14FNS/c11-10(7-12,8-3-4-8)6-9-2-1-5-13-9/h1-2,5,8H,3-4,6-7,12H2. The molecule has 0 amide bonds. The van der Waals surface area contributed by atoms with Crippen LogP contribution in [0.1, 0.15) is 17.7 Å². The van der Waals surface area contributed by atoms with Crippen molar-refractivity contribution in [3.8, 4) is 0 Å². The van der Waals surface area contributed by atoms with Crippen LogP contribution in [0.4, 0.5) is 4.39 Å². The van der Waals surface area contributed by atoms with Crippen LogP contribution in [0.5, 0.6) is 0 Å². The summed E-state index contributed by atoms with van der Waals surface area (Å²) in [4.78, 5) is 1.11. The van der Waals surface area contributed by atoms with Crippen LogP contribution in [0.3, 0.4) is 0 Å². The molecule has 1 fully saturated rings. The molecule has 2 N–H and O–H groups in total. The van der Waals surface area contributed by atoms with Gasteiger partial charge in [-0.3, -0.25) is 0 Å². The second kappa shape index (κ2) is 3.39. The van der Waals surface area contributed by atoms with Gasteiger partial charge in [-0.25, -0.2) is 4.39 Å². The highest BCUT2D eigenvalue weighted by Crippen LogP contribution is 2.43. The zero-order valence-corrected chi connectivity index (χ0v) is 8.32. The normalized spacial score (nSPS) is 21.4. The lowest BCUT2D eigenvalue weighted by Crippen LogP contribution is -2.37. The largest absolute Gasteiger partial charge is 0.328 e. The van der Waals surface area contributed by atoms with Crippen molar-refractivity contribution in [2.45, 2.75) is 24.9 Å². The van der Waals surface area contributed by atoms with Crippen LogP contribution in [0.15, 0.2) is 17.5 Å². The molecular weight excluding hydrogens is 185 g/mol. The van der Waals surface area contributed by atoms with Crippen LogP contribution in [-0.4, -0.2) is 12.2 Å². The first kappa shape index (κ1) is 9.16. The van der Waals surface area contributed by atoms with E-state index in [1.54, 1.807) is 11.3 Å². The second-order valence-corrected chi connectivity index (χ2v) is 4.80. The van der Waals surface area contributed by atoms with E-state index in [1.807, 2.05) is 17.5 Å². The van der Waals surface area contributed by atoms with E-state index >= 15 is 0 Å². The van der Waals surface area contributed by atoms with Crippen molar-refractivity contribution < 1.29 is 4.39 Å². The smallest absolute Gasteiger partial charge is 0.130 e. The van der Waals surface area contributed by atoms with Gasteiger partial charge in [0.15, 0.2) is 0 Å². The van der Waals surface area contributed by atoms with Crippen molar-refractivity contribution in [1.82, 2.24) is 0 Å². The summed E-state index contributed by atoms with van der Waals surface area (Å²) in [6.45, 7) is 0.162. The minimum absolute atomic E-state index is 0.162. The number of rotatable bonds is 4. The van der Waals surface area contributed by atoms with Gasteiger partial charge in [0.2, 0.25) is 0 Å². The first-order valence-electron chi connectivity index (χ1n) is 4.66. The fourth-order valence-corrected chi connectivity index (χ4v) is 2.50. The van der Waals surface area contributed by atoms with Gasteiger partial charge in [0.25, 0.3) is 0 Å². The van der Waals surface area contributed by atoms with E-state index in [-0.39, 0.29) is 12.5 Å². The van der Waals surface area contributed by atoms with Crippen molar-refractivity contribution in [1.29, 1.82) is 0 Å². The van der Waals surface area contributed by atoms with E-state index in [0.29, 0.717) is 6.42 Å². The Kier molecular flexibility index (Phi) is 2.39. The molecule has 1 aromatic rings. The summed E-state index contributed by atoms with van der Waals surface area (Å²) in [5, 5.41) is 1.99. The lowest BCUT2D eigenvalue weighted by molar-refractivity contribution is 0.144. The molecule has 0 saturated heterocycles. The van der Waals surface area contributed by atoms with E-state index in [1.165, 1.54) is 0 Å². The van der Waals surface area contributed by atoms with Gasteiger partial charge in [-0.1, -0.05) is 6.07 Å². The Bertz CT molecular complexity index is 268. The third-order valence-electron chi connectivity index (χ3n) is 2.70. The first-order valence-corrected chi connectivity index (χ1v) is 5.54. The van der Waals surface area contributed by atoms with Crippen LogP contribution in [0.25, 0.3) is 0 Å². The predicted octanol–water partition coefficient (Wildman–Crippen LogP) is 2.37. The fourth-order valence-electron chi connectivity index (χ4n) is 1.69. The number of thiophene rings is 1. The predicted molar refractivity (Wildman–Crippen MR) is 53.6 cm³/mol. The fraction of sp³-hybridized carbons (Fsp3) is 0.600. The van der Waals surface area contributed by atoms with Gasteiger partial charge in [-0.15, -0.1) is 11.3 Å². The quantitative estimate of drug-likeness (QED) is 0.791. The summed E-state index contributed by atoms with van der Waals surface area (Å²) >= 11 is 1.61. The molecule has 1 heterocycles. The molecule has 0 radical (unpaired) electrons.